The zero-order chi connectivity index (χ0) is 14.1. The van der Waals surface area contributed by atoms with Crippen LogP contribution in [-0.2, 0) is 9.59 Å². The molecule has 0 aromatic heterocycles. The topological polar surface area (TPSA) is 75.6 Å². The van der Waals surface area contributed by atoms with Crippen molar-refractivity contribution in [1.82, 2.24) is 5.32 Å². The van der Waals surface area contributed by atoms with Crippen LogP contribution in [-0.4, -0.2) is 30.1 Å². The molecule has 0 unspecified atom stereocenters. The molecule has 1 amide bonds. The van der Waals surface area contributed by atoms with Crippen molar-refractivity contribution in [3.8, 4) is 5.75 Å². The number of carbonyl (C=O) groups excluding carboxylic acids is 1. The lowest BCUT2D eigenvalue weighted by Crippen LogP contribution is -2.29. The van der Waals surface area contributed by atoms with Crippen molar-refractivity contribution in [1.29, 1.82) is 0 Å². The smallest absolute Gasteiger partial charge is 0.303 e. The van der Waals surface area contributed by atoms with Gasteiger partial charge in [0.25, 0.3) is 5.91 Å². The third kappa shape index (κ3) is 7.08. The number of rotatable bonds is 8. The largest absolute Gasteiger partial charge is 0.484 e. The minimum atomic E-state index is -0.811. The molecule has 0 heterocycles. The summed E-state index contributed by atoms with van der Waals surface area (Å²) in [5.41, 5.74) is 1.13. The Hall–Kier alpha value is -2.04. The van der Waals surface area contributed by atoms with Gasteiger partial charge in [-0.2, -0.15) is 0 Å². The Morgan fingerprint density at radius 2 is 1.89 bits per heavy atom. The highest BCUT2D eigenvalue weighted by molar-refractivity contribution is 5.77. The zero-order valence-electron chi connectivity index (χ0n) is 11.0. The van der Waals surface area contributed by atoms with E-state index in [1.165, 1.54) is 0 Å². The molecule has 0 saturated heterocycles. The second-order valence-electron chi connectivity index (χ2n) is 4.30. The number of carboxylic acids is 1. The van der Waals surface area contributed by atoms with Crippen LogP contribution < -0.4 is 10.1 Å². The molecule has 1 aromatic carbocycles. The number of ether oxygens (including phenoxy) is 1. The van der Waals surface area contributed by atoms with Gasteiger partial charge in [-0.15, -0.1) is 0 Å². The fourth-order valence-electron chi connectivity index (χ4n) is 1.46. The fraction of sp³-hybridized carbons (Fsp3) is 0.429. The standard InChI is InChI=1S/C14H19NO4/c1-11-5-7-12(8-6-11)19-10-13(16)15-9-3-2-4-14(17)18/h5-8H,2-4,9-10H2,1H3,(H,15,16)(H,17,18). The van der Waals surface area contributed by atoms with Crippen LogP contribution in [0.5, 0.6) is 5.75 Å². The average molecular weight is 265 g/mol. The molecule has 1 rings (SSSR count). The van der Waals surface area contributed by atoms with Gasteiger partial charge >= 0.3 is 5.97 Å². The van der Waals surface area contributed by atoms with E-state index in [0.29, 0.717) is 25.1 Å². The van der Waals surface area contributed by atoms with Crippen LogP contribution in [0.1, 0.15) is 24.8 Å². The van der Waals surface area contributed by atoms with Crippen molar-refractivity contribution >= 4 is 11.9 Å². The zero-order valence-corrected chi connectivity index (χ0v) is 11.0. The molecule has 5 heteroatoms. The van der Waals surface area contributed by atoms with Gasteiger partial charge in [-0.05, 0) is 31.9 Å². The number of hydrogen-bond donors (Lipinski definition) is 2. The summed E-state index contributed by atoms with van der Waals surface area (Å²) in [4.78, 5) is 21.7. The lowest BCUT2D eigenvalue weighted by Gasteiger charge is -2.07. The van der Waals surface area contributed by atoms with Crippen molar-refractivity contribution in [2.24, 2.45) is 0 Å². The highest BCUT2D eigenvalue weighted by Crippen LogP contribution is 2.10. The number of aliphatic carboxylic acids is 1. The summed E-state index contributed by atoms with van der Waals surface area (Å²) >= 11 is 0. The van der Waals surface area contributed by atoms with Gasteiger partial charge in [0, 0.05) is 13.0 Å². The van der Waals surface area contributed by atoms with Crippen LogP contribution in [0.15, 0.2) is 24.3 Å². The molecule has 0 radical (unpaired) electrons. The van der Waals surface area contributed by atoms with Crippen LogP contribution in [0, 0.1) is 6.92 Å². The first-order valence-corrected chi connectivity index (χ1v) is 6.26. The molecule has 0 spiro atoms. The summed E-state index contributed by atoms with van der Waals surface area (Å²) in [5.74, 6) is -0.350. The van der Waals surface area contributed by atoms with E-state index in [-0.39, 0.29) is 18.9 Å². The molecular weight excluding hydrogens is 246 g/mol. The Labute approximate surface area is 112 Å². The van der Waals surface area contributed by atoms with E-state index in [1.807, 2.05) is 31.2 Å². The van der Waals surface area contributed by atoms with Crippen molar-refractivity contribution in [3.63, 3.8) is 0 Å². The maximum atomic E-state index is 11.4. The number of unbranched alkanes of at least 4 members (excludes halogenated alkanes) is 1. The van der Waals surface area contributed by atoms with E-state index in [1.54, 1.807) is 0 Å². The van der Waals surface area contributed by atoms with Crippen molar-refractivity contribution in [3.05, 3.63) is 29.8 Å². The quantitative estimate of drug-likeness (QED) is 0.702. The fourth-order valence-corrected chi connectivity index (χ4v) is 1.46. The third-order valence-electron chi connectivity index (χ3n) is 2.53. The van der Waals surface area contributed by atoms with Crippen molar-refractivity contribution < 1.29 is 19.4 Å². The summed E-state index contributed by atoms with van der Waals surface area (Å²) in [5, 5.41) is 11.1. The Morgan fingerprint density at radius 3 is 2.53 bits per heavy atom. The maximum absolute atomic E-state index is 11.4. The SMILES string of the molecule is Cc1ccc(OCC(=O)NCCCCC(=O)O)cc1. The Morgan fingerprint density at radius 1 is 1.21 bits per heavy atom. The highest BCUT2D eigenvalue weighted by Gasteiger charge is 2.02. The molecule has 0 aliphatic carbocycles. The van der Waals surface area contributed by atoms with Crippen LogP contribution in [0.25, 0.3) is 0 Å². The van der Waals surface area contributed by atoms with Crippen LogP contribution >= 0.6 is 0 Å². The van der Waals surface area contributed by atoms with Crippen LogP contribution in [0.2, 0.25) is 0 Å². The number of amides is 1. The third-order valence-corrected chi connectivity index (χ3v) is 2.53. The van der Waals surface area contributed by atoms with E-state index in [2.05, 4.69) is 5.32 Å². The lowest BCUT2D eigenvalue weighted by atomic mass is 10.2. The maximum Gasteiger partial charge on any atom is 0.303 e. The number of nitrogens with one attached hydrogen (secondary N) is 1. The minimum Gasteiger partial charge on any atom is -0.484 e. The second-order valence-corrected chi connectivity index (χ2v) is 4.30. The lowest BCUT2D eigenvalue weighted by molar-refractivity contribution is -0.137. The first-order valence-electron chi connectivity index (χ1n) is 6.26. The predicted octanol–water partition coefficient (Wildman–Crippen LogP) is 1.74. The van der Waals surface area contributed by atoms with Gasteiger partial charge in [0.2, 0.25) is 0 Å². The molecular formula is C14H19NO4. The van der Waals surface area contributed by atoms with E-state index in [9.17, 15) is 9.59 Å². The van der Waals surface area contributed by atoms with Crippen molar-refractivity contribution in [2.45, 2.75) is 26.2 Å². The summed E-state index contributed by atoms with van der Waals surface area (Å²) in [6, 6.07) is 7.46. The number of carboxylic acid groups (broad SMARTS) is 1. The summed E-state index contributed by atoms with van der Waals surface area (Å²) in [6.45, 7) is 2.43. The second kappa shape index (κ2) is 8.13. The van der Waals surface area contributed by atoms with Crippen LogP contribution in [0.3, 0.4) is 0 Å². The van der Waals surface area contributed by atoms with Crippen molar-refractivity contribution in [2.75, 3.05) is 13.2 Å². The summed E-state index contributed by atoms with van der Waals surface area (Å²) in [6.07, 6.45) is 1.35. The Balaban J connectivity index is 2.11. The Kier molecular flexibility index (Phi) is 6.43. The molecule has 0 aliphatic heterocycles. The number of carbonyl (C=O) groups is 2. The van der Waals surface area contributed by atoms with Crippen LogP contribution in [0.4, 0.5) is 0 Å². The Bertz CT molecular complexity index is 414. The van der Waals surface area contributed by atoms with Gasteiger partial charge in [-0.3, -0.25) is 9.59 Å². The van der Waals surface area contributed by atoms with Gasteiger partial charge in [0.05, 0.1) is 0 Å². The van der Waals surface area contributed by atoms with Gasteiger partial charge in [0.1, 0.15) is 5.75 Å². The average Bonchev–Trinajstić information content (AvgIpc) is 2.37. The first kappa shape index (κ1) is 15.0. The minimum absolute atomic E-state index is 0.0258. The molecule has 0 saturated carbocycles. The molecule has 19 heavy (non-hydrogen) atoms. The monoisotopic (exact) mass is 265 g/mol. The number of hydrogen-bond acceptors (Lipinski definition) is 3. The molecule has 5 nitrogen and oxygen atoms in total. The van der Waals surface area contributed by atoms with E-state index >= 15 is 0 Å². The molecule has 0 aliphatic rings. The number of benzene rings is 1. The highest BCUT2D eigenvalue weighted by atomic mass is 16.5. The molecule has 104 valence electrons. The normalized spacial score (nSPS) is 9.95. The first-order chi connectivity index (χ1) is 9.08. The molecule has 1 aromatic rings. The summed E-state index contributed by atoms with van der Waals surface area (Å²) in [7, 11) is 0. The number of aryl methyl sites for hydroxylation is 1. The van der Waals surface area contributed by atoms with Gasteiger partial charge in [-0.1, -0.05) is 17.7 Å². The van der Waals surface area contributed by atoms with Gasteiger partial charge < -0.3 is 15.2 Å². The van der Waals surface area contributed by atoms with Gasteiger partial charge in [0.15, 0.2) is 6.61 Å². The van der Waals surface area contributed by atoms with E-state index in [4.69, 9.17) is 9.84 Å². The summed E-state index contributed by atoms with van der Waals surface area (Å²) < 4.78 is 5.31. The molecule has 0 bridgehead atoms. The molecule has 0 atom stereocenters. The van der Waals surface area contributed by atoms with E-state index < -0.39 is 5.97 Å². The predicted molar refractivity (Wildman–Crippen MR) is 71.2 cm³/mol. The molecule has 2 N–H and O–H groups in total. The van der Waals surface area contributed by atoms with Gasteiger partial charge in [-0.25, -0.2) is 0 Å². The molecule has 0 fully saturated rings. The van der Waals surface area contributed by atoms with E-state index in [0.717, 1.165) is 5.56 Å².